The predicted octanol–water partition coefficient (Wildman–Crippen LogP) is 4.50. The van der Waals surface area contributed by atoms with E-state index in [2.05, 4.69) is 35.6 Å². The van der Waals surface area contributed by atoms with Crippen LogP contribution in [0.5, 0.6) is 5.75 Å². The number of aromatic nitrogens is 3. The molecule has 64 heavy (non-hydrogen) atoms. The molecule has 4 saturated heterocycles. The number of piperidine rings is 3. The highest BCUT2D eigenvalue weighted by Crippen LogP contribution is 2.42. The summed E-state index contributed by atoms with van der Waals surface area (Å²) >= 11 is 6.64. The van der Waals surface area contributed by atoms with Gasteiger partial charge in [-0.05, 0) is 107 Å². The number of benzene rings is 2. The third-order valence-corrected chi connectivity index (χ3v) is 14.0. The van der Waals surface area contributed by atoms with Crippen molar-refractivity contribution < 1.29 is 28.7 Å². The molecule has 0 aliphatic carbocycles. The first kappa shape index (κ1) is 43.2. The minimum atomic E-state index is -0.987. The highest BCUT2D eigenvalue weighted by molar-refractivity contribution is 6.33. The Kier molecular flexibility index (Phi) is 11.8. The van der Waals surface area contributed by atoms with Crippen LogP contribution in [0.15, 0.2) is 53.5 Å². The van der Waals surface area contributed by atoms with Crippen LogP contribution >= 0.6 is 11.6 Å². The first-order valence-corrected chi connectivity index (χ1v) is 22.6. The molecule has 4 fully saturated rings. The minimum absolute atomic E-state index is 0.0862. The molecular weight excluding hydrogens is 840 g/mol. The van der Waals surface area contributed by atoms with E-state index in [-0.39, 0.29) is 48.1 Å². The van der Waals surface area contributed by atoms with E-state index in [0.29, 0.717) is 39.5 Å². The van der Waals surface area contributed by atoms with Crippen LogP contribution in [0.25, 0.3) is 10.9 Å². The summed E-state index contributed by atoms with van der Waals surface area (Å²) in [4.78, 5) is 94.2. The zero-order chi connectivity index (χ0) is 44.9. The van der Waals surface area contributed by atoms with Crippen molar-refractivity contribution in [2.24, 2.45) is 11.3 Å². The number of nitrogens with zero attached hydrogens (tertiary/aromatic N) is 7. The Balaban J connectivity index is 0.793. The predicted molar refractivity (Wildman–Crippen MR) is 241 cm³/mol. The molecule has 4 aromatic rings. The van der Waals surface area contributed by atoms with Gasteiger partial charge in [-0.3, -0.25) is 39.0 Å². The summed E-state index contributed by atoms with van der Waals surface area (Å²) in [5.41, 5.74) is 2.78. The standard InChI is InChI=1S/C46H53ClN10O7/c1-27(2)56-33-8-7-30(21-29(33)22-36(43(56)62)64-25-38(59)48-3)50-40-32(47)23-49-45(52-40)55-19-14-46(15-20-55)13-18-53(26-46)24-28-11-16-54(17-12-28)34-6-4-5-31-39(34)44(63)57(42(31)61)35-9-10-37(58)51-41(35)60/h4-8,21-23,27-28,35H,9-20,24-26H2,1-3H3,(H,48,59)(H,49,50,52)(H,51,58,60). The van der Waals surface area contributed by atoms with Gasteiger partial charge in [0.1, 0.15) is 11.1 Å². The number of halogens is 1. The summed E-state index contributed by atoms with van der Waals surface area (Å²) in [7, 11) is 1.51. The zero-order valence-corrected chi connectivity index (χ0v) is 37.1. The molecule has 5 amide bonds. The lowest BCUT2D eigenvalue weighted by atomic mass is 9.78. The fraction of sp³-hybridized carbons (Fsp3) is 0.478. The van der Waals surface area contributed by atoms with E-state index in [1.54, 1.807) is 29.0 Å². The van der Waals surface area contributed by atoms with Crippen molar-refractivity contribution in [1.82, 2.24) is 35.0 Å². The number of carbonyl (C=O) groups is 5. The number of amides is 5. The number of hydrogen-bond donors (Lipinski definition) is 3. The molecule has 5 aliphatic heterocycles. The van der Waals surface area contributed by atoms with Gasteiger partial charge in [0.05, 0.1) is 28.5 Å². The average Bonchev–Trinajstić information content (AvgIpc) is 3.79. The van der Waals surface area contributed by atoms with Crippen molar-refractivity contribution in [3.8, 4) is 5.75 Å². The van der Waals surface area contributed by atoms with E-state index in [9.17, 15) is 28.8 Å². The second kappa shape index (κ2) is 17.5. The minimum Gasteiger partial charge on any atom is -0.478 e. The maximum Gasteiger partial charge on any atom is 0.293 e. The van der Waals surface area contributed by atoms with Crippen LogP contribution in [-0.2, 0) is 14.4 Å². The number of ether oxygens (including phenoxy) is 1. The molecule has 17 nitrogen and oxygen atoms in total. The fourth-order valence-corrected chi connectivity index (χ4v) is 10.4. The maximum absolute atomic E-state index is 13.7. The summed E-state index contributed by atoms with van der Waals surface area (Å²) in [6.45, 7) is 9.92. The van der Waals surface area contributed by atoms with Crippen LogP contribution in [0.1, 0.15) is 85.6 Å². The van der Waals surface area contributed by atoms with E-state index in [4.69, 9.17) is 21.3 Å². The second-order valence-corrected chi connectivity index (χ2v) is 18.5. The van der Waals surface area contributed by atoms with Crippen molar-refractivity contribution in [2.45, 2.75) is 70.9 Å². The normalized spacial score (nSPS) is 20.4. The number of likely N-dealkylation sites (N-methyl/N-ethyl adjacent to an activating group) is 1. The van der Waals surface area contributed by atoms with E-state index in [1.807, 2.05) is 38.1 Å². The van der Waals surface area contributed by atoms with Crippen LogP contribution in [0.2, 0.25) is 5.02 Å². The maximum atomic E-state index is 13.7. The van der Waals surface area contributed by atoms with Crippen molar-refractivity contribution in [1.29, 1.82) is 0 Å². The SMILES string of the molecule is CNC(=O)COc1cc2cc(Nc3nc(N4CCC5(CCN(CC6CCN(c7cccc8c7C(=O)N(C7CCC(=O)NC7=O)C8=O)CC6)C5)CC4)ncc3Cl)ccc2n(C(C)C)c1=O. The Labute approximate surface area is 375 Å². The number of imide groups is 2. The molecule has 18 heteroatoms. The first-order valence-electron chi connectivity index (χ1n) is 22.2. The molecule has 1 atom stereocenters. The van der Waals surface area contributed by atoms with E-state index >= 15 is 0 Å². The van der Waals surface area contributed by atoms with Crippen LogP contribution in [0.4, 0.5) is 23.1 Å². The molecule has 3 N–H and O–H groups in total. The third kappa shape index (κ3) is 8.26. The molecule has 0 bridgehead atoms. The molecule has 1 spiro atoms. The summed E-state index contributed by atoms with van der Waals surface area (Å²) in [5.74, 6) is -0.588. The van der Waals surface area contributed by atoms with Crippen molar-refractivity contribution in [2.75, 3.05) is 74.6 Å². The number of likely N-dealkylation sites (tertiary alicyclic amines) is 1. The Morgan fingerprint density at radius 2 is 1.72 bits per heavy atom. The Bertz CT molecular complexity index is 2600. The molecule has 7 heterocycles. The molecule has 336 valence electrons. The van der Waals surface area contributed by atoms with Gasteiger partial charge in [-0.25, -0.2) is 4.98 Å². The molecule has 1 unspecified atom stereocenters. The van der Waals surface area contributed by atoms with Crippen molar-refractivity contribution in [3.63, 3.8) is 0 Å². The van der Waals surface area contributed by atoms with E-state index in [1.165, 1.54) is 7.05 Å². The lowest BCUT2D eigenvalue weighted by Gasteiger charge is -2.40. The van der Waals surface area contributed by atoms with Crippen LogP contribution in [0, 0.1) is 11.3 Å². The molecule has 5 aliphatic rings. The van der Waals surface area contributed by atoms with Gasteiger partial charge < -0.3 is 34.6 Å². The first-order chi connectivity index (χ1) is 30.8. The molecule has 0 saturated carbocycles. The molecule has 2 aromatic carbocycles. The number of fused-ring (bicyclic) bond motifs is 2. The average molecular weight is 893 g/mol. The second-order valence-electron chi connectivity index (χ2n) is 18.1. The summed E-state index contributed by atoms with van der Waals surface area (Å²) in [5, 5.41) is 9.27. The van der Waals surface area contributed by atoms with E-state index in [0.717, 1.165) is 99.4 Å². The Morgan fingerprint density at radius 1 is 0.953 bits per heavy atom. The lowest BCUT2D eigenvalue weighted by Crippen LogP contribution is -2.54. The summed E-state index contributed by atoms with van der Waals surface area (Å²) in [6.07, 6.45) is 6.99. The molecular formula is C46H53ClN10O7. The highest BCUT2D eigenvalue weighted by Gasteiger charge is 2.47. The lowest BCUT2D eigenvalue weighted by molar-refractivity contribution is -0.136. The van der Waals surface area contributed by atoms with Crippen molar-refractivity contribution in [3.05, 3.63) is 75.2 Å². The number of carbonyl (C=O) groups excluding carboxylic acids is 5. The quantitative estimate of drug-likeness (QED) is 0.179. The van der Waals surface area contributed by atoms with Gasteiger partial charge in [0.15, 0.2) is 18.2 Å². The molecule has 0 radical (unpaired) electrons. The highest BCUT2D eigenvalue weighted by atomic mass is 35.5. The van der Waals surface area contributed by atoms with Gasteiger partial charge in [0.25, 0.3) is 23.3 Å². The van der Waals surface area contributed by atoms with Crippen molar-refractivity contribution >= 4 is 75.2 Å². The molecule has 2 aromatic heterocycles. The smallest absolute Gasteiger partial charge is 0.293 e. The number of nitrogens with one attached hydrogen (secondary N) is 3. The van der Waals surface area contributed by atoms with Gasteiger partial charge in [-0.2, -0.15) is 4.98 Å². The number of anilines is 4. The zero-order valence-electron chi connectivity index (χ0n) is 36.3. The largest absolute Gasteiger partial charge is 0.478 e. The summed E-state index contributed by atoms with van der Waals surface area (Å²) in [6, 6.07) is 11.5. The fourth-order valence-electron chi connectivity index (χ4n) is 10.2. The van der Waals surface area contributed by atoms with Gasteiger partial charge >= 0.3 is 0 Å². The van der Waals surface area contributed by atoms with Gasteiger partial charge in [0.2, 0.25) is 17.8 Å². The Hall–Kier alpha value is -6.07. The monoisotopic (exact) mass is 892 g/mol. The van der Waals surface area contributed by atoms with E-state index < -0.39 is 29.7 Å². The molecule has 9 rings (SSSR count). The van der Waals surface area contributed by atoms with Crippen LogP contribution in [-0.4, -0.2) is 119 Å². The number of hydrogen-bond acceptors (Lipinski definition) is 13. The van der Waals surface area contributed by atoms with Gasteiger partial charge in [-0.15, -0.1) is 0 Å². The van der Waals surface area contributed by atoms with Gasteiger partial charge in [-0.1, -0.05) is 17.7 Å². The van der Waals surface area contributed by atoms with Gasteiger partial charge in [0, 0.05) is 69.9 Å². The number of pyridine rings is 1. The summed E-state index contributed by atoms with van der Waals surface area (Å²) < 4.78 is 7.28. The Morgan fingerprint density at radius 3 is 2.45 bits per heavy atom. The van der Waals surface area contributed by atoms with Crippen LogP contribution < -0.4 is 36.0 Å². The van der Waals surface area contributed by atoms with Crippen LogP contribution in [0.3, 0.4) is 0 Å². The topological polar surface area (TPSA) is 191 Å². The number of rotatable bonds is 11. The third-order valence-electron chi connectivity index (χ3n) is 13.7.